The first-order valence-corrected chi connectivity index (χ1v) is 11.2. The highest BCUT2D eigenvalue weighted by molar-refractivity contribution is 5.92. The lowest BCUT2D eigenvalue weighted by Gasteiger charge is -2.31. The van der Waals surface area contributed by atoms with Gasteiger partial charge in [-0.25, -0.2) is 4.79 Å². The molecule has 1 aliphatic carbocycles. The summed E-state index contributed by atoms with van der Waals surface area (Å²) >= 11 is 0. The average Bonchev–Trinajstić information content (AvgIpc) is 3.27. The lowest BCUT2D eigenvalue weighted by molar-refractivity contribution is -0.207. The van der Waals surface area contributed by atoms with E-state index in [0.29, 0.717) is 18.5 Å². The second-order valence-electron chi connectivity index (χ2n) is 9.02. The van der Waals surface area contributed by atoms with Crippen molar-refractivity contribution in [1.82, 2.24) is 10.8 Å². The monoisotopic (exact) mass is 484 g/mol. The van der Waals surface area contributed by atoms with E-state index in [9.17, 15) is 27.6 Å². The second-order valence-corrected chi connectivity index (χ2v) is 9.02. The number of carbonyl (C=O) groups excluding carboxylic acids is 3. The van der Waals surface area contributed by atoms with Crippen LogP contribution in [-0.2, 0) is 30.5 Å². The van der Waals surface area contributed by atoms with E-state index in [1.807, 2.05) is 20.8 Å². The molecule has 0 saturated heterocycles. The minimum atomic E-state index is -5.20. The summed E-state index contributed by atoms with van der Waals surface area (Å²) in [4.78, 5) is 38.7. The molecule has 0 aromatic heterocycles. The number of halogens is 3. The van der Waals surface area contributed by atoms with Gasteiger partial charge in [0, 0.05) is 12.6 Å². The first-order chi connectivity index (χ1) is 15.9. The number of rotatable bonds is 9. The van der Waals surface area contributed by atoms with Gasteiger partial charge in [-0.1, -0.05) is 38.1 Å². The van der Waals surface area contributed by atoms with Crippen LogP contribution < -0.4 is 10.8 Å². The Labute approximate surface area is 197 Å². The number of nitrogens with one attached hydrogen (secondary N) is 2. The summed E-state index contributed by atoms with van der Waals surface area (Å²) in [6.45, 7) is 6.36. The van der Waals surface area contributed by atoms with E-state index < -0.39 is 23.6 Å². The summed E-state index contributed by atoms with van der Waals surface area (Å²) in [7, 11) is 0. The van der Waals surface area contributed by atoms with Crippen LogP contribution in [0.15, 0.2) is 30.3 Å². The Morgan fingerprint density at radius 3 is 2.26 bits per heavy atom. The number of carbonyl (C=O) groups is 3. The third kappa shape index (κ3) is 8.81. The van der Waals surface area contributed by atoms with Gasteiger partial charge < -0.3 is 9.57 Å². The van der Waals surface area contributed by atoms with Crippen molar-refractivity contribution in [1.29, 1.82) is 0 Å². The summed E-state index contributed by atoms with van der Waals surface area (Å²) < 4.78 is 41.9. The topological polar surface area (TPSA) is 93.7 Å². The predicted molar refractivity (Wildman–Crippen MR) is 119 cm³/mol. The van der Waals surface area contributed by atoms with Crippen molar-refractivity contribution in [2.45, 2.75) is 77.2 Å². The summed E-state index contributed by atoms with van der Waals surface area (Å²) in [6.07, 6.45) is 1.67. The van der Waals surface area contributed by atoms with Crippen LogP contribution in [0.1, 0.15) is 64.0 Å². The third-order valence-corrected chi connectivity index (χ3v) is 5.41. The molecule has 0 spiro atoms. The highest BCUT2D eigenvalue weighted by atomic mass is 19.4. The Hall–Kier alpha value is -2.88. The van der Waals surface area contributed by atoms with Gasteiger partial charge in [0.2, 0.25) is 0 Å². The first kappa shape index (κ1) is 27.4. The molecule has 1 saturated carbocycles. The largest absolute Gasteiger partial charge is 0.493 e. The van der Waals surface area contributed by atoms with Crippen LogP contribution in [0.3, 0.4) is 0 Å². The highest BCUT2D eigenvalue weighted by Gasteiger charge is 2.42. The zero-order chi connectivity index (χ0) is 25.4. The molecule has 0 aliphatic heterocycles. The summed E-state index contributed by atoms with van der Waals surface area (Å²) in [5, 5.41) is 3.33. The van der Waals surface area contributed by atoms with Gasteiger partial charge in [0.25, 0.3) is 5.91 Å². The average molecular weight is 485 g/mol. The van der Waals surface area contributed by atoms with Crippen molar-refractivity contribution < 1.29 is 37.1 Å². The summed E-state index contributed by atoms with van der Waals surface area (Å²) in [5.41, 5.74) is 2.07. The van der Waals surface area contributed by atoms with Crippen LogP contribution in [-0.4, -0.2) is 35.7 Å². The molecule has 0 bridgehead atoms. The van der Waals surface area contributed by atoms with E-state index in [-0.39, 0.29) is 18.0 Å². The smallest absolute Gasteiger partial charge is 0.461 e. The molecule has 10 heteroatoms. The molecule has 1 aromatic carbocycles. The van der Waals surface area contributed by atoms with Gasteiger partial charge in [-0.3, -0.25) is 14.9 Å². The van der Waals surface area contributed by atoms with Gasteiger partial charge in [0.1, 0.15) is 11.6 Å². The van der Waals surface area contributed by atoms with Crippen LogP contribution in [0.2, 0.25) is 0 Å². The fraction of sp³-hybridized carbons (Fsp3) is 0.542. The maximum Gasteiger partial charge on any atom is 0.493 e. The zero-order valence-corrected chi connectivity index (χ0v) is 19.5. The fourth-order valence-electron chi connectivity index (χ4n) is 3.74. The number of hydroxylamine groups is 1. The molecule has 1 aromatic rings. The number of alkyl halides is 3. The molecule has 1 aliphatic rings. The highest BCUT2D eigenvalue weighted by Crippen LogP contribution is 2.26. The number of amides is 1. The third-order valence-electron chi connectivity index (χ3n) is 5.41. The van der Waals surface area contributed by atoms with Crippen LogP contribution in [0.5, 0.6) is 0 Å². The van der Waals surface area contributed by atoms with E-state index in [0.717, 1.165) is 37.3 Å². The zero-order valence-electron chi connectivity index (χ0n) is 19.5. The molecule has 7 nitrogen and oxygen atoms in total. The lowest BCUT2D eigenvalue weighted by atomic mass is 9.90. The number of esters is 1. The Morgan fingerprint density at radius 1 is 1.09 bits per heavy atom. The van der Waals surface area contributed by atoms with Crippen LogP contribution in [0.4, 0.5) is 13.2 Å². The molecule has 0 heterocycles. The molecule has 34 heavy (non-hydrogen) atoms. The summed E-state index contributed by atoms with van der Waals surface area (Å²) in [6, 6.07) is 7.01. The van der Waals surface area contributed by atoms with Gasteiger partial charge in [0.15, 0.2) is 0 Å². The molecule has 0 unspecified atom stereocenters. The molecule has 0 radical (unpaired) electrons. The van der Waals surface area contributed by atoms with Crippen LogP contribution >= 0.6 is 0 Å². The maximum atomic E-state index is 12.9. The quantitative estimate of drug-likeness (QED) is 0.310. The van der Waals surface area contributed by atoms with E-state index in [2.05, 4.69) is 10.2 Å². The van der Waals surface area contributed by atoms with Crippen molar-refractivity contribution in [3.63, 3.8) is 0 Å². The molecular weight excluding hydrogens is 453 g/mol. The van der Waals surface area contributed by atoms with E-state index in [1.54, 1.807) is 24.3 Å². The SMILES string of the molecule is CC(C)C[C@@](C)(NCc1ccc(/C=C/C(=O)NOC(=O)C(F)(F)F)cc1)C(=O)OC1CCCC1. The molecule has 2 rings (SSSR count). The Kier molecular flexibility index (Phi) is 9.66. The molecule has 1 fully saturated rings. The fourth-order valence-corrected chi connectivity index (χ4v) is 3.74. The maximum absolute atomic E-state index is 12.9. The van der Waals surface area contributed by atoms with Crippen LogP contribution in [0, 0.1) is 5.92 Å². The Morgan fingerprint density at radius 2 is 1.71 bits per heavy atom. The molecule has 188 valence electrons. The van der Waals surface area contributed by atoms with E-state index >= 15 is 0 Å². The lowest BCUT2D eigenvalue weighted by Crippen LogP contribution is -2.51. The first-order valence-electron chi connectivity index (χ1n) is 11.2. The standard InChI is InChI=1S/C24H31F3N2O5/c1-16(2)14-23(3,21(31)33-19-6-4-5-7-19)28-15-18-10-8-17(9-11-18)12-13-20(30)29-34-22(32)24(25,26)27/h8-13,16,19,28H,4-7,14-15H2,1-3H3,(H,29,30)/b13-12+/t23-/m1/s1. The Balaban J connectivity index is 1.91. The van der Waals surface area contributed by atoms with E-state index in [1.165, 1.54) is 11.6 Å². The predicted octanol–water partition coefficient (Wildman–Crippen LogP) is 4.22. The van der Waals surface area contributed by atoms with Crippen molar-refractivity contribution in [3.05, 3.63) is 41.5 Å². The minimum absolute atomic E-state index is 0.0129. The van der Waals surface area contributed by atoms with Gasteiger partial charge in [0.05, 0.1) is 0 Å². The minimum Gasteiger partial charge on any atom is -0.461 e. The number of hydrogen-bond donors (Lipinski definition) is 2. The van der Waals surface area contributed by atoms with Crippen molar-refractivity contribution >= 4 is 23.9 Å². The van der Waals surface area contributed by atoms with E-state index in [4.69, 9.17) is 4.74 Å². The molecule has 2 N–H and O–H groups in total. The number of hydrogen-bond acceptors (Lipinski definition) is 6. The number of ether oxygens (including phenoxy) is 1. The Bertz CT molecular complexity index is 878. The molecule has 1 amide bonds. The van der Waals surface area contributed by atoms with Gasteiger partial charge in [-0.15, -0.1) is 0 Å². The molecular formula is C24H31F3N2O5. The van der Waals surface area contributed by atoms with Crippen LogP contribution in [0.25, 0.3) is 6.08 Å². The number of benzene rings is 1. The van der Waals surface area contributed by atoms with Gasteiger partial charge in [-0.05, 0) is 62.1 Å². The van der Waals surface area contributed by atoms with Crippen molar-refractivity contribution in [3.8, 4) is 0 Å². The van der Waals surface area contributed by atoms with Gasteiger partial charge in [-0.2, -0.15) is 18.7 Å². The second kappa shape index (κ2) is 12.0. The normalized spacial score (nSPS) is 16.4. The van der Waals surface area contributed by atoms with Crippen molar-refractivity contribution in [2.24, 2.45) is 5.92 Å². The summed E-state index contributed by atoms with van der Waals surface area (Å²) in [5.74, 6) is -3.50. The van der Waals surface area contributed by atoms with Gasteiger partial charge >= 0.3 is 18.1 Å². The molecule has 1 atom stereocenters. The van der Waals surface area contributed by atoms with Crippen molar-refractivity contribution in [2.75, 3.05) is 0 Å².